The van der Waals surface area contributed by atoms with Crippen LogP contribution in [0.5, 0.6) is 11.5 Å². The molecule has 8 heteroatoms. The Morgan fingerprint density at radius 3 is 2.55 bits per heavy atom. The molecular weight excluding hydrogens is 478 g/mol. The van der Waals surface area contributed by atoms with Crippen molar-refractivity contribution in [3.8, 4) is 11.5 Å². The minimum absolute atomic E-state index is 0.338. The number of nitrogens with one attached hydrogen (secondary N) is 2. The molecular formula is C23H20BrN3O3S. The lowest BCUT2D eigenvalue weighted by Gasteiger charge is -2.09. The molecule has 0 saturated heterocycles. The fraction of sp³-hybridized carbons (Fsp3) is 0.0870. The van der Waals surface area contributed by atoms with E-state index in [4.69, 9.17) is 21.7 Å². The van der Waals surface area contributed by atoms with Gasteiger partial charge in [0, 0.05) is 15.7 Å². The van der Waals surface area contributed by atoms with Crippen molar-refractivity contribution in [3.63, 3.8) is 0 Å². The number of hydrogen-bond donors (Lipinski definition) is 2. The lowest BCUT2D eigenvalue weighted by Crippen LogP contribution is -2.23. The standard InChI is InChI=1S/C23H20BrN3O3S/c1-2-29-20-11-8-16(9-12-20)22(28)30-21-13-10-18(24)14-17(21)15-25-27-23(31)26-19-6-4-3-5-7-19/h3-15H,2H2,1H3,(H2,26,27,31)/b25-15-. The van der Waals surface area contributed by atoms with Crippen LogP contribution in [0.25, 0.3) is 0 Å². The summed E-state index contributed by atoms with van der Waals surface area (Å²) in [6.07, 6.45) is 1.53. The number of rotatable bonds is 7. The number of esters is 1. The molecule has 0 aliphatic heterocycles. The Labute approximate surface area is 194 Å². The van der Waals surface area contributed by atoms with Gasteiger partial charge in [0.25, 0.3) is 0 Å². The summed E-state index contributed by atoms with van der Waals surface area (Å²) < 4.78 is 11.8. The maximum atomic E-state index is 12.5. The molecule has 3 aromatic carbocycles. The number of halogens is 1. The number of nitrogens with zero attached hydrogens (tertiary/aromatic N) is 1. The van der Waals surface area contributed by atoms with E-state index in [1.807, 2.05) is 37.3 Å². The molecule has 2 N–H and O–H groups in total. The number of hydrogen-bond acceptors (Lipinski definition) is 5. The Hall–Kier alpha value is -3.23. The van der Waals surface area contributed by atoms with Crippen LogP contribution in [0, 0.1) is 0 Å². The smallest absolute Gasteiger partial charge is 0.343 e. The summed E-state index contributed by atoms with van der Waals surface area (Å²) in [6, 6.07) is 21.6. The Bertz CT molecular complexity index is 1070. The number of benzene rings is 3. The van der Waals surface area contributed by atoms with Crippen LogP contribution in [0.2, 0.25) is 0 Å². The largest absolute Gasteiger partial charge is 0.494 e. The molecule has 0 bridgehead atoms. The average Bonchev–Trinajstić information content (AvgIpc) is 2.77. The summed E-state index contributed by atoms with van der Waals surface area (Å²) in [5.41, 5.74) is 4.62. The number of thiocarbonyl (C=S) groups is 1. The number of anilines is 1. The maximum Gasteiger partial charge on any atom is 0.343 e. The molecule has 0 saturated carbocycles. The lowest BCUT2D eigenvalue weighted by molar-refractivity contribution is 0.0734. The second-order valence-electron chi connectivity index (χ2n) is 6.22. The molecule has 0 atom stereocenters. The Morgan fingerprint density at radius 2 is 1.84 bits per heavy atom. The summed E-state index contributed by atoms with van der Waals surface area (Å²) in [5.74, 6) is 0.588. The fourth-order valence-corrected chi connectivity index (χ4v) is 3.12. The van der Waals surface area contributed by atoms with Crippen LogP contribution in [0.4, 0.5) is 5.69 Å². The van der Waals surface area contributed by atoms with Gasteiger partial charge in [-0.05, 0) is 73.7 Å². The highest BCUT2D eigenvalue weighted by Gasteiger charge is 2.12. The van der Waals surface area contributed by atoms with Crippen molar-refractivity contribution in [3.05, 3.63) is 88.4 Å². The lowest BCUT2D eigenvalue weighted by atomic mass is 10.2. The van der Waals surface area contributed by atoms with Gasteiger partial charge in [-0.1, -0.05) is 34.1 Å². The van der Waals surface area contributed by atoms with Gasteiger partial charge in [-0.15, -0.1) is 0 Å². The molecule has 6 nitrogen and oxygen atoms in total. The molecule has 3 rings (SSSR count). The average molecular weight is 498 g/mol. The van der Waals surface area contributed by atoms with Crippen LogP contribution < -0.4 is 20.2 Å². The number of carbonyl (C=O) groups excluding carboxylic acids is 1. The number of hydrazone groups is 1. The van der Waals surface area contributed by atoms with E-state index in [1.54, 1.807) is 42.5 Å². The number of carbonyl (C=O) groups is 1. The third-order valence-electron chi connectivity index (χ3n) is 3.98. The normalized spacial score (nSPS) is 10.5. The zero-order chi connectivity index (χ0) is 22.1. The first-order chi connectivity index (χ1) is 15.0. The van der Waals surface area contributed by atoms with Gasteiger partial charge in [0.05, 0.1) is 18.4 Å². The molecule has 158 valence electrons. The van der Waals surface area contributed by atoms with Gasteiger partial charge in [-0.2, -0.15) is 5.10 Å². The van der Waals surface area contributed by atoms with Crippen LogP contribution in [0.15, 0.2) is 82.4 Å². The highest BCUT2D eigenvalue weighted by atomic mass is 79.9. The first-order valence-electron chi connectivity index (χ1n) is 9.45. The van der Waals surface area contributed by atoms with Gasteiger partial charge in [0.1, 0.15) is 11.5 Å². The van der Waals surface area contributed by atoms with Crippen LogP contribution in [-0.4, -0.2) is 23.9 Å². The van der Waals surface area contributed by atoms with Gasteiger partial charge in [-0.3, -0.25) is 5.43 Å². The van der Waals surface area contributed by atoms with Gasteiger partial charge in [0.2, 0.25) is 0 Å². The summed E-state index contributed by atoms with van der Waals surface area (Å²) in [4.78, 5) is 12.5. The van der Waals surface area contributed by atoms with Crippen LogP contribution >= 0.6 is 28.1 Å². The van der Waals surface area contributed by atoms with E-state index < -0.39 is 5.97 Å². The van der Waals surface area contributed by atoms with E-state index in [0.29, 0.717) is 34.3 Å². The molecule has 0 unspecified atom stereocenters. The van der Waals surface area contributed by atoms with Gasteiger partial charge in [0.15, 0.2) is 5.11 Å². The van der Waals surface area contributed by atoms with Crippen molar-refractivity contribution >= 4 is 51.1 Å². The van der Waals surface area contributed by atoms with Crippen molar-refractivity contribution in [2.75, 3.05) is 11.9 Å². The summed E-state index contributed by atoms with van der Waals surface area (Å²) in [6.45, 7) is 2.46. The SMILES string of the molecule is CCOc1ccc(C(=O)Oc2ccc(Br)cc2/C=N\NC(=S)Nc2ccccc2)cc1. The third-order valence-corrected chi connectivity index (χ3v) is 4.66. The quantitative estimate of drug-likeness (QED) is 0.150. The second kappa shape index (κ2) is 11.2. The molecule has 0 radical (unpaired) electrons. The first kappa shape index (κ1) is 22.5. The van der Waals surface area contributed by atoms with Crippen molar-refractivity contribution in [2.45, 2.75) is 6.92 Å². The highest BCUT2D eigenvalue weighted by Crippen LogP contribution is 2.23. The van der Waals surface area contributed by atoms with E-state index in [9.17, 15) is 4.79 Å². The Morgan fingerprint density at radius 1 is 1.10 bits per heavy atom. The maximum absolute atomic E-state index is 12.5. The van der Waals surface area contributed by atoms with Crippen LogP contribution in [0.1, 0.15) is 22.8 Å². The molecule has 31 heavy (non-hydrogen) atoms. The van der Waals surface area contributed by atoms with Gasteiger partial charge in [-0.25, -0.2) is 4.79 Å². The number of ether oxygens (including phenoxy) is 2. The Balaban J connectivity index is 1.66. The molecule has 0 heterocycles. The monoisotopic (exact) mass is 497 g/mol. The topological polar surface area (TPSA) is 72.0 Å². The highest BCUT2D eigenvalue weighted by molar-refractivity contribution is 9.10. The predicted octanol–water partition coefficient (Wildman–Crippen LogP) is 5.39. The summed E-state index contributed by atoms with van der Waals surface area (Å²) in [7, 11) is 0. The van der Waals surface area contributed by atoms with Crippen LogP contribution in [0.3, 0.4) is 0 Å². The van der Waals surface area contributed by atoms with Crippen molar-refractivity contribution in [2.24, 2.45) is 5.10 Å². The van der Waals surface area contributed by atoms with E-state index >= 15 is 0 Å². The first-order valence-corrected chi connectivity index (χ1v) is 10.6. The van der Waals surface area contributed by atoms with Crippen molar-refractivity contribution in [1.29, 1.82) is 0 Å². The van der Waals surface area contributed by atoms with E-state index in [-0.39, 0.29) is 0 Å². The number of para-hydroxylation sites is 1. The van der Waals surface area contributed by atoms with Crippen LogP contribution in [-0.2, 0) is 0 Å². The van der Waals surface area contributed by atoms with Crippen molar-refractivity contribution in [1.82, 2.24) is 5.43 Å². The summed E-state index contributed by atoms with van der Waals surface area (Å²) >= 11 is 8.65. The fourth-order valence-electron chi connectivity index (χ4n) is 2.57. The molecule has 0 aliphatic carbocycles. The minimum atomic E-state index is -0.478. The minimum Gasteiger partial charge on any atom is -0.494 e. The third kappa shape index (κ3) is 6.91. The molecule has 0 amide bonds. The zero-order valence-corrected chi connectivity index (χ0v) is 19.1. The second-order valence-corrected chi connectivity index (χ2v) is 7.54. The van der Waals surface area contributed by atoms with Gasteiger partial charge < -0.3 is 14.8 Å². The molecule has 0 aliphatic rings. The molecule has 3 aromatic rings. The predicted molar refractivity (Wildman–Crippen MR) is 130 cm³/mol. The van der Waals surface area contributed by atoms with Gasteiger partial charge >= 0.3 is 5.97 Å². The molecule has 0 fully saturated rings. The Kier molecular flexibility index (Phi) is 8.14. The summed E-state index contributed by atoms with van der Waals surface area (Å²) in [5, 5.41) is 7.51. The van der Waals surface area contributed by atoms with E-state index in [2.05, 4.69) is 31.8 Å². The molecule has 0 spiro atoms. The molecule has 0 aromatic heterocycles. The van der Waals surface area contributed by atoms with E-state index in [0.717, 1.165) is 10.2 Å². The zero-order valence-electron chi connectivity index (χ0n) is 16.7. The van der Waals surface area contributed by atoms with Crippen molar-refractivity contribution < 1.29 is 14.3 Å². The van der Waals surface area contributed by atoms with E-state index in [1.165, 1.54) is 6.21 Å².